The summed E-state index contributed by atoms with van der Waals surface area (Å²) < 4.78 is 23.4. The molecule has 23 heavy (non-hydrogen) atoms. The summed E-state index contributed by atoms with van der Waals surface area (Å²) in [4.78, 5) is 11.6. The molecule has 0 unspecified atom stereocenters. The van der Waals surface area contributed by atoms with Gasteiger partial charge in [0.1, 0.15) is 17.3 Å². The first-order chi connectivity index (χ1) is 11.2. The Morgan fingerprint density at radius 2 is 1.87 bits per heavy atom. The number of carbonyl (C=O) groups excluding carboxylic acids is 1. The standard InChI is InChI=1S/C17H19FN2O3/c1-22-10-9-19-17(21)20-12-13-3-2-4-16(11-13)23-15-7-5-14(18)6-8-15/h2-8,11H,9-10,12H2,1H3,(H2,19,20,21). The van der Waals surface area contributed by atoms with Gasteiger partial charge in [-0.05, 0) is 42.0 Å². The maximum absolute atomic E-state index is 12.9. The second-order valence-electron chi connectivity index (χ2n) is 4.81. The third kappa shape index (κ3) is 5.96. The molecule has 0 aromatic heterocycles. The van der Waals surface area contributed by atoms with Gasteiger partial charge < -0.3 is 20.1 Å². The molecule has 0 aliphatic heterocycles. The molecule has 2 rings (SSSR count). The number of benzene rings is 2. The molecule has 2 aromatic carbocycles. The van der Waals surface area contributed by atoms with Gasteiger partial charge in [-0.15, -0.1) is 0 Å². The topological polar surface area (TPSA) is 59.6 Å². The van der Waals surface area contributed by atoms with E-state index in [1.807, 2.05) is 18.2 Å². The van der Waals surface area contributed by atoms with Crippen LogP contribution in [0.3, 0.4) is 0 Å². The number of ether oxygens (including phenoxy) is 2. The first-order valence-electron chi connectivity index (χ1n) is 7.20. The molecule has 5 nitrogen and oxygen atoms in total. The molecule has 6 heteroatoms. The van der Waals surface area contributed by atoms with E-state index >= 15 is 0 Å². The molecule has 0 aliphatic carbocycles. The van der Waals surface area contributed by atoms with Crippen molar-refractivity contribution < 1.29 is 18.7 Å². The SMILES string of the molecule is COCCNC(=O)NCc1cccc(Oc2ccc(F)cc2)c1. The molecule has 0 aliphatic rings. The van der Waals surface area contributed by atoms with Crippen molar-refractivity contribution in [1.82, 2.24) is 10.6 Å². The molecule has 0 bridgehead atoms. The van der Waals surface area contributed by atoms with Crippen LogP contribution < -0.4 is 15.4 Å². The van der Waals surface area contributed by atoms with Crippen molar-refractivity contribution in [3.63, 3.8) is 0 Å². The number of nitrogens with one attached hydrogen (secondary N) is 2. The van der Waals surface area contributed by atoms with Crippen LogP contribution in [0.1, 0.15) is 5.56 Å². The number of halogens is 1. The van der Waals surface area contributed by atoms with Crippen molar-refractivity contribution in [2.75, 3.05) is 20.3 Å². The molecule has 0 spiro atoms. The summed E-state index contributed by atoms with van der Waals surface area (Å²) in [6.07, 6.45) is 0. The van der Waals surface area contributed by atoms with Crippen molar-refractivity contribution in [1.29, 1.82) is 0 Å². The Labute approximate surface area is 134 Å². The number of urea groups is 1. The molecule has 2 amide bonds. The highest BCUT2D eigenvalue weighted by Crippen LogP contribution is 2.22. The van der Waals surface area contributed by atoms with Crippen LogP contribution in [-0.4, -0.2) is 26.3 Å². The fourth-order valence-electron chi connectivity index (χ4n) is 1.87. The molecule has 0 atom stereocenters. The average molecular weight is 318 g/mol. The number of hydrogen-bond donors (Lipinski definition) is 2. The van der Waals surface area contributed by atoms with Crippen LogP contribution in [-0.2, 0) is 11.3 Å². The number of amides is 2. The lowest BCUT2D eigenvalue weighted by Gasteiger charge is -2.09. The molecular formula is C17H19FN2O3. The lowest BCUT2D eigenvalue weighted by Crippen LogP contribution is -2.36. The highest BCUT2D eigenvalue weighted by Gasteiger charge is 2.02. The van der Waals surface area contributed by atoms with E-state index < -0.39 is 0 Å². The normalized spacial score (nSPS) is 10.2. The lowest BCUT2D eigenvalue weighted by atomic mass is 10.2. The predicted octanol–water partition coefficient (Wildman–Crippen LogP) is 3.06. The number of hydrogen-bond acceptors (Lipinski definition) is 3. The van der Waals surface area contributed by atoms with Crippen LogP contribution in [0.5, 0.6) is 11.5 Å². The van der Waals surface area contributed by atoms with Gasteiger partial charge in [0.25, 0.3) is 0 Å². The summed E-state index contributed by atoms with van der Waals surface area (Å²) in [6, 6.07) is 12.9. The van der Waals surface area contributed by atoms with Crippen LogP contribution in [0, 0.1) is 5.82 Å². The summed E-state index contributed by atoms with van der Waals surface area (Å²) in [5, 5.41) is 5.42. The summed E-state index contributed by atoms with van der Waals surface area (Å²) in [6.45, 7) is 1.30. The van der Waals surface area contributed by atoms with Crippen molar-refractivity contribution in [3.8, 4) is 11.5 Å². The van der Waals surface area contributed by atoms with Crippen molar-refractivity contribution in [2.24, 2.45) is 0 Å². The Morgan fingerprint density at radius 3 is 2.61 bits per heavy atom. The van der Waals surface area contributed by atoms with Crippen LogP contribution in [0.4, 0.5) is 9.18 Å². The zero-order valence-corrected chi connectivity index (χ0v) is 12.8. The van der Waals surface area contributed by atoms with E-state index in [0.717, 1.165) is 5.56 Å². The highest BCUT2D eigenvalue weighted by molar-refractivity contribution is 5.73. The van der Waals surface area contributed by atoms with Gasteiger partial charge in [0.2, 0.25) is 0 Å². The Hall–Kier alpha value is -2.60. The third-order valence-corrected chi connectivity index (χ3v) is 2.99. The molecule has 0 saturated carbocycles. The second kappa shape index (κ2) is 8.75. The number of methoxy groups -OCH3 is 1. The number of rotatable bonds is 7. The molecule has 122 valence electrons. The van der Waals surface area contributed by atoms with Crippen molar-refractivity contribution in [3.05, 3.63) is 59.9 Å². The summed E-state index contributed by atoms with van der Waals surface area (Å²) >= 11 is 0. The van der Waals surface area contributed by atoms with Crippen LogP contribution in [0.25, 0.3) is 0 Å². The van der Waals surface area contributed by atoms with Crippen LogP contribution >= 0.6 is 0 Å². The summed E-state index contributed by atoms with van der Waals surface area (Å²) in [5.41, 5.74) is 0.895. The van der Waals surface area contributed by atoms with E-state index in [0.29, 0.717) is 31.2 Å². The Bertz CT molecular complexity index is 632. The van der Waals surface area contributed by atoms with Crippen molar-refractivity contribution >= 4 is 6.03 Å². The average Bonchev–Trinajstić information content (AvgIpc) is 2.56. The zero-order chi connectivity index (χ0) is 16.5. The van der Waals surface area contributed by atoms with E-state index in [2.05, 4.69) is 10.6 Å². The lowest BCUT2D eigenvalue weighted by molar-refractivity contribution is 0.196. The second-order valence-corrected chi connectivity index (χ2v) is 4.81. The van der Waals surface area contributed by atoms with E-state index in [4.69, 9.17) is 9.47 Å². The van der Waals surface area contributed by atoms with Gasteiger partial charge in [-0.2, -0.15) is 0 Å². The van der Waals surface area contributed by atoms with Gasteiger partial charge in [0.05, 0.1) is 6.61 Å². The molecule has 0 saturated heterocycles. The van der Waals surface area contributed by atoms with Gasteiger partial charge in [0, 0.05) is 20.2 Å². The first kappa shape index (κ1) is 16.8. The molecule has 2 N–H and O–H groups in total. The van der Waals surface area contributed by atoms with Gasteiger partial charge in [-0.1, -0.05) is 12.1 Å². The Kier molecular flexibility index (Phi) is 6.38. The monoisotopic (exact) mass is 318 g/mol. The molecule has 2 aromatic rings. The summed E-state index contributed by atoms with van der Waals surface area (Å²) in [7, 11) is 1.58. The fourth-order valence-corrected chi connectivity index (χ4v) is 1.87. The van der Waals surface area contributed by atoms with Gasteiger partial charge in [0.15, 0.2) is 0 Å². The van der Waals surface area contributed by atoms with Crippen LogP contribution in [0.15, 0.2) is 48.5 Å². The largest absolute Gasteiger partial charge is 0.457 e. The van der Waals surface area contributed by atoms with Gasteiger partial charge in [-0.3, -0.25) is 0 Å². The first-order valence-corrected chi connectivity index (χ1v) is 7.20. The number of carbonyl (C=O) groups is 1. The highest BCUT2D eigenvalue weighted by atomic mass is 19.1. The van der Waals surface area contributed by atoms with Gasteiger partial charge >= 0.3 is 6.03 Å². The third-order valence-electron chi connectivity index (χ3n) is 2.99. The summed E-state index contributed by atoms with van der Waals surface area (Å²) in [5.74, 6) is 0.860. The van der Waals surface area contributed by atoms with Crippen molar-refractivity contribution in [2.45, 2.75) is 6.54 Å². The molecule has 0 fully saturated rings. The zero-order valence-electron chi connectivity index (χ0n) is 12.8. The van der Waals surface area contributed by atoms with E-state index in [9.17, 15) is 9.18 Å². The minimum atomic E-state index is -0.310. The Balaban J connectivity index is 1.87. The maximum atomic E-state index is 12.9. The van der Waals surface area contributed by atoms with E-state index in [1.165, 1.54) is 12.1 Å². The smallest absolute Gasteiger partial charge is 0.315 e. The predicted molar refractivity (Wildman–Crippen MR) is 85.0 cm³/mol. The molecule has 0 heterocycles. The molecule has 0 radical (unpaired) electrons. The van der Waals surface area contributed by atoms with E-state index in [-0.39, 0.29) is 11.8 Å². The molecular weight excluding hydrogens is 299 g/mol. The van der Waals surface area contributed by atoms with E-state index in [1.54, 1.807) is 25.3 Å². The van der Waals surface area contributed by atoms with Gasteiger partial charge in [-0.25, -0.2) is 9.18 Å². The quantitative estimate of drug-likeness (QED) is 0.771. The fraction of sp³-hybridized carbons (Fsp3) is 0.235. The maximum Gasteiger partial charge on any atom is 0.315 e. The minimum Gasteiger partial charge on any atom is -0.457 e. The van der Waals surface area contributed by atoms with Crippen LogP contribution in [0.2, 0.25) is 0 Å². The Morgan fingerprint density at radius 1 is 1.09 bits per heavy atom. The minimum absolute atomic E-state index is 0.257.